The molecule has 19 heteroatoms. The van der Waals surface area contributed by atoms with E-state index >= 15 is 0 Å². The number of hydrogen-bond acceptors (Lipinski definition) is 17. The van der Waals surface area contributed by atoms with E-state index in [1.807, 2.05) is 92.9 Å². The molecule has 2 aliphatic carbocycles. The molecule has 100 heavy (non-hydrogen) atoms. The second kappa shape index (κ2) is 45.3. The zero-order valence-corrected chi connectivity index (χ0v) is 62.4. The summed E-state index contributed by atoms with van der Waals surface area (Å²) in [6, 6.07) is 19.7. The van der Waals surface area contributed by atoms with Crippen LogP contribution in [0, 0.1) is 63.7 Å². The molecular formula is C81H111FeN3O15+2. The number of aromatic nitrogens is 3. The van der Waals surface area contributed by atoms with Crippen LogP contribution in [0.25, 0.3) is 11.1 Å². The van der Waals surface area contributed by atoms with Crippen molar-refractivity contribution in [2.45, 2.75) is 235 Å². The molecular weight excluding hydrogens is 1310 g/mol. The maximum atomic E-state index is 13.4. The van der Waals surface area contributed by atoms with Crippen molar-refractivity contribution in [1.82, 2.24) is 15.0 Å². The SMILES string of the molecule is CCCCCCCCCCOc1cc(COc2cc(OCc3cc(OCCCCCCCCCC)cc(OCC(=O)OC(C)(C)C)c3)cc(-c3c(OCCCc4cn(C[C]5[CH][CH][CH][CH]5)nn4)cc(CO)cc3OCC(=O)OC(C)(C)C)c2)cc(OCC(=O)OC(C)(C)C)c1.[CH]1[CH][CH][CH][CH]1.[Fe+2]. The number of aliphatic hydroxyl groups excluding tert-OH is 1. The molecule has 546 valence electrons. The van der Waals surface area contributed by atoms with E-state index in [0.717, 1.165) is 50.1 Å². The number of hydrogen-bond donors (Lipinski definition) is 1. The first-order chi connectivity index (χ1) is 47.5. The molecule has 7 rings (SSSR count). The second-order valence-electron chi connectivity index (χ2n) is 27.9. The number of rotatable bonds is 44. The summed E-state index contributed by atoms with van der Waals surface area (Å²) >= 11 is 0. The Labute approximate surface area is 609 Å². The van der Waals surface area contributed by atoms with Gasteiger partial charge in [-0.15, -0.1) is 5.10 Å². The smallest absolute Gasteiger partial charge is 0.493 e. The standard InChI is InChI=1S/C76H106N3O15.C5H5.Fe/c1-12-14-16-18-20-22-24-28-34-84-62-37-58(39-64(45-62)89-53-70(81)92-74(3,4)5)51-87-66-43-60(44-67(47-66)88-52-59-38-63(85-35-29-25-23-21-19-17-15-13-2)46-65(40-59)90-54-71(82)93-75(6,7)8)73-68(41-57(50-80)42-69(73)91-55-72(83)94-76(9,10)11)86-36-30-33-61-49-79(78-77-61)48-56-31-26-27-32-56;1-2-4-5-3-1;/h26-27,31-32,37-47,49,80H,12-25,28-30,33-36,48,50-55H2,1-11H3;1-5H;/q;;+2. The number of ether oxygens (including phenoxy) is 11. The van der Waals surface area contributed by atoms with Crippen LogP contribution in [0.1, 0.15) is 208 Å². The summed E-state index contributed by atoms with van der Waals surface area (Å²) in [5.74, 6) is 2.74. The van der Waals surface area contributed by atoms with Crippen LogP contribution in [0.3, 0.4) is 0 Å². The van der Waals surface area contributed by atoms with Gasteiger partial charge in [-0.05, 0) is 217 Å². The summed E-state index contributed by atoms with van der Waals surface area (Å²) in [5, 5.41) is 19.5. The fraction of sp³-hybridized carbons (Fsp3) is 0.519. The van der Waals surface area contributed by atoms with Crippen LogP contribution in [-0.4, -0.2) is 94.5 Å². The molecule has 0 atom stereocenters. The third kappa shape index (κ3) is 35.3. The second-order valence-corrected chi connectivity index (χ2v) is 27.9. The normalized spacial score (nSPS) is 13.2. The van der Waals surface area contributed by atoms with Gasteiger partial charge in [0.1, 0.15) is 76.0 Å². The van der Waals surface area contributed by atoms with Gasteiger partial charge in [0.15, 0.2) is 19.8 Å². The van der Waals surface area contributed by atoms with Gasteiger partial charge in [-0.1, -0.05) is 109 Å². The number of esters is 3. The summed E-state index contributed by atoms with van der Waals surface area (Å²) in [7, 11) is 0. The third-order valence-corrected chi connectivity index (χ3v) is 15.1. The molecule has 0 amide bonds. The Bertz CT molecular complexity index is 3020. The molecule has 1 heterocycles. The Morgan fingerprint density at radius 1 is 0.420 bits per heavy atom. The van der Waals surface area contributed by atoms with Crippen molar-refractivity contribution in [3.05, 3.63) is 159 Å². The summed E-state index contributed by atoms with van der Waals surface area (Å²) in [5.41, 5.74) is 1.43. The predicted molar refractivity (Wildman–Crippen MR) is 385 cm³/mol. The van der Waals surface area contributed by atoms with Crippen molar-refractivity contribution in [2.24, 2.45) is 0 Å². The number of aliphatic hydroxyl groups is 1. The van der Waals surface area contributed by atoms with Crippen LogP contribution in [0.15, 0.2) is 72.9 Å². The minimum Gasteiger partial charge on any atom is -0.493 e. The number of benzene rings is 4. The molecule has 0 bridgehead atoms. The first-order valence-corrected chi connectivity index (χ1v) is 35.7. The van der Waals surface area contributed by atoms with Crippen molar-refractivity contribution in [3.63, 3.8) is 0 Å². The fourth-order valence-corrected chi connectivity index (χ4v) is 10.6. The molecule has 18 nitrogen and oxygen atoms in total. The van der Waals surface area contributed by atoms with E-state index in [2.05, 4.69) is 24.2 Å². The minimum absolute atomic E-state index is 0. The van der Waals surface area contributed by atoms with Crippen LogP contribution in [0.4, 0.5) is 0 Å². The Kier molecular flexibility index (Phi) is 38.1. The number of nitrogens with zero attached hydrogens (tertiary/aromatic N) is 3. The average molecular weight is 1420 g/mol. The molecule has 1 N–H and O–H groups in total. The Balaban J connectivity index is 0.00000287. The molecule has 0 spiro atoms. The van der Waals surface area contributed by atoms with Gasteiger partial charge in [0.25, 0.3) is 0 Å². The number of carbonyl (C=O) groups excluding carboxylic acids is 3. The summed E-state index contributed by atoms with van der Waals surface area (Å²) in [6.07, 6.45) is 39.6. The summed E-state index contributed by atoms with van der Waals surface area (Å²) in [6.45, 7) is 21.0. The van der Waals surface area contributed by atoms with Crippen molar-refractivity contribution in [1.29, 1.82) is 0 Å². The first-order valence-electron chi connectivity index (χ1n) is 35.7. The van der Waals surface area contributed by atoms with E-state index in [1.165, 1.54) is 64.2 Å². The summed E-state index contributed by atoms with van der Waals surface area (Å²) in [4.78, 5) is 39.2. The molecule has 0 aliphatic heterocycles. The zero-order chi connectivity index (χ0) is 71.3. The van der Waals surface area contributed by atoms with Crippen molar-refractivity contribution < 1.29 is 88.7 Å². The molecule has 1 aromatic heterocycles. The Morgan fingerprint density at radius 2 is 0.800 bits per heavy atom. The van der Waals surface area contributed by atoms with Gasteiger partial charge in [-0.3, -0.25) is 4.68 Å². The van der Waals surface area contributed by atoms with Crippen LogP contribution >= 0.6 is 0 Å². The zero-order valence-electron chi connectivity index (χ0n) is 61.3. The van der Waals surface area contributed by atoms with Gasteiger partial charge in [-0.2, -0.15) is 0 Å². The van der Waals surface area contributed by atoms with E-state index in [1.54, 1.807) is 105 Å². The maximum Gasteiger partial charge on any atom is 2.00 e. The average Bonchev–Trinajstić information content (AvgIpc) is 0.962. The van der Waals surface area contributed by atoms with Gasteiger partial charge in [0.05, 0.1) is 37.7 Å². The molecule has 4 aromatic carbocycles. The minimum atomic E-state index is -0.787. The Hall–Kier alpha value is -6.69. The quantitative estimate of drug-likeness (QED) is 0.0167. The van der Waals surface area contributed by atoms with Gasteiger partial charge in [0.2, 0.25) is 0 Å². The molecule has 5 aromatic rings. The van der Waals surface area contributed by atoms with E-state index < -0.39 is 41.3 Å². The van der Waals surface area contributed by atoms with Crippen LogP contribution in [0.5, 0.6) is 46.0 Å². The van der Waals surface area contributed by atoms with E-state index in [0.29, 0.717) is 101 Å². The van der Waals surface area contributed by atoms with E-state index in [9.17, 15) is 19.5 Å². The van der Waals surface area contributed by atoms with Gasteiger partial charge in [-0.25, -0.2) is 14.4 Å². The number of unbranched alkanes of at least 4 members (excludes halogenated alkanes) is 14. The molecule has 2 fully saturated rings. The van der Waals surface area contributed by atoms with Crippen LogP contribution in [-0.2, 0) is 78.4 Å². The predicted octanol–water partition coefficient (Wildman–Crippen LogP) is 17.2. The maximum absolute atomic E-state index is 13.4. The third-order valence-electron chi connectivity index (χ3n) is 15.1. The summed E-state index contributed by atoms with van der Waals surface area (Å²) < 4.78 is 70.0. The van der Waals surface area contributed by atoms with Crippen molar-refractivity contribution >= 4 is 17.9 Å². The molecule has 2 aliphatic rings. The molecule has 0 saturated heterocycles. The number of aryl methyl sites for hydroxylation is 1. The van der Waals surface area contributed by atoms with Crippen LogP contribution in [0.2, 0.25) is 0 Å². The van der Waals surface area contributed by atoms with E-state index in [4.69, 9.17) is 52.1 Å². The monoisotopic (exact) mass is 1420 g/mol. The van der Waals surface area contributed by atoms with Crippen LogP contribution < -0.4 is 37.9 Å². The molecule has 2 saturated carbocycles. The van der Waals surface area contributed by atoms with Gasteiger partial charge < -0.3 is 57.2 Å². The van der Waals surface area contributed by atoms with Crippen molar-refractivity contribution in [3.8, 4) is 57.1 Å². The van der Waals surface area contributed by atoms with Gasteiger partial charge >= 0.3 is 35.0 Å². The van der Waals surface area contributed by atoms with E-state index in [-0.39, 0.29) is 62.5 Å². The molecule has 0 unspecified atom stereocenters. The Morgan fingerprint density at radius 3 is 1.22 bits per heavy atom. The number of carbonyl (C=O) groups is 3. The van der Waals surface area contributed by atoms with Crippen molar-refractivity contribution in [2.75, 3.05) is 39.6 Å². The largest absolute Gasteiger partial charge is 2.00 e. The fourth-order valence-electron chi connectivity index (χ4n) is 10.6. The first kappa shape index (κ1) is 84.0. The molecule has 10 radical (unpaired) electrons. The topological polar surface area (TPSA) is 204 Å². The van der Waals surface area contributed by atoms with Gasteiger partial charge in [0, 0.05) is 36.9 Å².